The molecule has 1 aromatic carbocycles. The minimum absolute atomic E-state index is 0. The molecular weight excluding hydrogens is 429 g/mol. The van der Waals surface area contributed by atoms with Gasteiger partial charge in [-0.2, -0.15) is 0 Å². The van der Waals surface area contributed by atoms with E-state index in [1.54, 1.807) is 0 Å². The van der Waals surface area contributed by atoms with E-state index < -0.39 is 0 Å². The molecule has 6 heteroatoms. The summed E-state index contributed by atoms with van der Waals surface area (Å²) in [6, 6.07) is 8.07. The maximum Gasteiger partial charge on any atom is 0.191 e. The van der Waals surface area contributed by atoms with E-state index in [2.05, 4.69) is 42.5 Å². The number of hydrogen-bond acceptors (Lipinski definition) is 3. The Morgan fingerprint density at radius 2 is 2.00 bits per heavy atom. The van der Waals surface area contributed by atoms with Gasteiger partial charge in [0.25, 0.3) is 0 Å². The van der Waals surface area contributed by atoms with Crippen molar-refractivity contribution < 1.29 is 9.47 Å². The molecule has 0 unspecified atom stereocenters. The van der Waals surface area contributed by atoms with Crippen molar-refractivity contribution in [3.05, 3.63) is 29.8 Å². The van der Waals surface area contributed by atoms with Crippen LogP contribution in [-0.4, -0.2) is 38.9 Å². The third-order valence-electron chi connectivity index (χ3n) is 3.18. The first-order valence-electron chi connectivity index (χ1n) is 8.97. The van der Waals surface area contributed by atoms with Gasteiger partial charge in [-0.25, -0.2) is 4.99 Å². The van der Waals surface area contributed by atoms with Gasteiger partial charge in [-0.15, -0.1) is 24.0 Å². The molecule has 1 rings (SSSR count). The molecule has 0 saturated carbocycles. The minimum Gasteiger partial charge on any atom is -0.494 e. The number of benzene rings is 1. The van der Waals surface area contributed by atoms with Gasteiger partial charge in [-0.05, 0) is 43.9 Å². The molecule has 0 amide bonds. The lowest BCUT2D eigenvalue weighted by atomic mass is 10.2. The van der Waals surface area contributed by atoms with Gasteiger partial charge in [-0.3, -0.25) is 0 Å². The SMILES string of the molecule is CCNC(=NCc1cccc(OCC)c1)NCCCOCC(C)C.I. The molecule has 144 valence electrons. The van der Waals surface area contributed by atoms with Crippen molar-refractivity contribution in [3.63, 3.8) is 0 Å². The van der Waals surface area contributed by atoms with Crippen LogP contribution in [0.25, 0.3) is 0 Å². The van der Waals surface area contributed by atoms with Gasteiger partial charge in [0.1, 0.15) is 5.75 Å². The van der Waals surface area contributed by atoms with Gasteiger partial charge in [-0.1, -0.05) is 26.0 Å². The second-order valence-electron chi connectivity index (χ2n) is 6.02. The molecule has 0 aromatic heterocycles. The summed E-state index contributed by atoms with van der Waals surface area (Å²) < 4.78 is 11.1. The zero-order chi connectivity index (χ0) is 17.6. The highest BCUT2D eigenvalue weighted by Gasteiger charge is 2.00. The molecule has 25 heavy (non-hydrogen) atoms. The highest BCUT2D eigenvalue weighted by molar-refractivity contribution is 14.0. The number of halogens is 1. The highest BCUT2D eigenvalue weighted by atomic mass is 127. The first-order chi connectivity index (χ1) is 11.7. The Labute approximate surface area is 170 Å². The molecule has 0 radical (unpaired) electrons. The summed E-state index contributed by atoms with van der Waals surface area (Å²) in [6.07, 6.45) is 0.969. The predicted molar refractivity (Wildman–Crippen MR) is 116 cm³/mol. The fourth-order valence-electron chi connectivity index (χ4n) is 2.11. The third kappa shape index (κ3) is 12.0. The fourth-order valence-corrected chi connectivity index (χ4v) is 2.11. The van der Waals surface area contributed by atoms with Gasteiger partial charge in [0, 0.05) is 26.3 Å². The van der Waals surface area contributed by atoms with Gasteiger partial charge >= 0.3 is 0 Å². The summed E-state index contributed by atoms with van der Waals surface area (Å²) in [6.45, 7) is 13.0. The molecule has 1 aromatic rings. The first kappa shape index (κ1) is 24.0. The van der Waals surface area contributed by atoms with Crippen LogP contribution in [0.2, 0.25) is 0 Å². The molecule has 0 aliphatic rings. The van der Waals surface area contributed by atoms with Crippen molar-refractivity contribution in [2.24, 2.45) is 10.9 Å². The van der Waals surface area contributed by atoms with Gasteiger partial charge in [0.05, 0.1) is 13.2 Å². The summed E-state index contributed by atoms with van der Waals surface area (Å²) in [4.78, 5) is 4.63. The Kier molecular flexibility index (Phi) is 14.6. The van der Waals surface area contributed by atoms with E-state index >= 15 is 0 Å². The maximum absolute atomic E-state index is 5.59. The zero-order valence-corrected chi connectivity index (χ0v) is 18.3. The number of nitrogens with zero attached hydrogens (tertiary/aromatic N) is 1. The molecule has 0 aliphatic carbocycles. The zero-order valence-electron chi connectivity index (χ0n) is 16.0. The smallest absolute Gasteiger partial charge is 0.191 e. The Balaban J connectivity index is 0.00000576. The predicted octanol–water partition coefficient (Wildman–Crippen LogP) is 3.82. The van der Waals surface area contributed by atoms with Crippen molar-refractivity contribution in [2.45, 2.75) is 40.7 Å². The van der Waals surface area contributed by atoms with Crippen LogP contribution in [0, 0.1) is 5.92 Å². The number of ether oxygens (including phenoxy) is 2. The number of rotatable bonds is 11. The lowest BCUT2D eigenvalue weighted by Crippen LogP contribution is -2.38. The summed E-state index contributed by atoms with van der Waals surface area (Å²) in [5.41, 5.74) is 1.14. The molecular formula is C19H34IN3O2. The van der Waals surface area contributed by atoms with Crippen LogP contribution in [0.5, 0.6) is 5.75 Å². The monoisotopic (exact) mass is 463 g/mol. The van der Waals surface area contributed by atoms with Crippen molar-refractivity contribution in [1.82, 2.24) is 10.6 Å². The Bertz CT molecular complexity index is 481. The van der Waals surface area contributed by atoms with Crippen LogP contribution >= 0.6 is 24.0 Å². The molecule has 5 nitrogen and oxygen atoms in total. The molecule has 0 aliphatic heterocycles. The van der Waals surface area contributed by atoms with Crippen molar-refractivity contribution in [3.8, 4) is 5.75 Å². The van der Waals surface area contributed by atoms with Gasteiger partial charge < -0.3 is 20.1 Å². The third-order valence-corrected chi connectivity index (χ3v) is 3.18. The maximum atomic E-state index is 5.59. The van der Waals surface area contributed by atoms with E-state index in [0.29, 0.717) is 19.1 Å². The first-order valence-corrected chi connectivity index (χ1v) is 8.97. The van der Waals surface area contributed by atoms with E-state index in [9.17, 15) is 0 Å². The Hall–Kier alpha value is -1.02. The second kappa shape index (κ2) is 15.3. The second-order valence-corrected chi connectivity index (χ2v) is 6.02. The fraction of sp³-hybridized carbons (Fsp3) is 0.632. The van der Waals surface area contributed by atoms with Crippen LogP contribution in [-0.2, 0) is 11.3 Å². The molecule has 0 saturated heterocycles. The Morgan fingerprint density at radius 1 is 1.20 bits per heavy atom. The lowest BCUT2D eigenvalue weighted by molar-refractivity contribution is 0.108. The van der Waals surface area contributed by atoms with Gasteiger partial charge in [0.15, 0.2) is 5.96 Å². The molecule has 0 heterocycles. The molecule has 0 spiro atoms. The van der Waals surface area contributed by atoms with Gasteiger partial charge in [0.2, 0.25) is 0 Å². The summed E-state index contributed by atoms with van der Waals surface area (Å²) >= 11 is 0. The lowest BCUT2D eigenvalue weighted by Gasteiger charge is -2.12. The largest absolute Gasteiger partial charge is 0.494 e. The van der Waals surface area contributed by atoms with Crippen LogP contribution in [0.4, 0.5) is 0 Å². The van der Waals surface area contributed by atoms with Crippen molar-refractivity contribution in [2.75, 3.05) is 32.9 Å². The minimum atomic E-state index is 0. The van der Waals surface area contributed by atoms with E-state index in [1.807, 2.05) is 25.1 Å². The number of nitrogens with one attached hydrogen (secondary N) is 2. The van der Waals surface area contributed by atoms with E-state index in [4.69, 9.17) is 9.47 Å². The van der Waals surface area contributed by atoms with E-state index in [1.165, 1.54) is 0 Å². The standard InChI is InChI=1S/C19H33N3O2.HI/c1-5-20-19(21-11-8-12-23-15-16(3)4)22-14-17-9-7-10-18(13-17)24-6-2;/h7,9-10,13,16H,5-6,8,11-12,14-15H2,1-4H3,(H2,20,21,22);1H. The number of aliphatic imine (C=N–C) groups is 1. The molecule has 0 fully saturated rings. The average molecular weight is 463 g/mol. The molecule has 2 N–H and O–H groups in total. The van der Waals surface area contributed by atoms with Crippen molar-refractivity contribution in [1.29, 1.82) is 0 Å². The highest BCUT2D eigenvalue weighted by Crippen LogP contribution is 2.13. The molecule has 0 atom stereocenters. The number of guanidine groups is 1. The summed E-state index contributed by atoms with van der Waals surface area (Å²) in [7, 11) is 0. The molecule has 0 bridgehead atoms. The normalized spacial score (nSPS) is 11.2. The van der Waals surface area contributed by atoms with Crippen LogP contribution in [0.1, 0.15) is 39.7 Å². The average Bonchev–Trinajstić information content (AvgIpc) is 2.56. The van der Waals surface area contributed by atoms with E-state index in [-0.39, 0.29) is 24.0 Å². The number of hydrogen-bond donors (Lipinski definition) is 2. The Morgan fingerprint density at radius 3 is 2.68 bits per heavy atom. The topological polar surface area (TPSA) is 54.9 Å². The summed E-state index contributed by atoms with van der Waals surface area (Å²) in [5.74, 6) is 2.32. The van der Waals surface area contributed by atoms with Crippen LogP contribution in [0.15, 0.2) is 29.3 Å². The quantitative estimate of drug-likeness (QED) is 0.227. The van der Waals surface area contributed by atoms with E-state index in [0.717, 1.165) is 50.0 Å². The summed E-state index contributed by atoms with van der Waals surface area (Å²) in [5, 5.41) is 6.62. The van der Waals surface area contributed by atoms with Crippen molar-refractivity contribution >= 4 is 29.9 Å². The van der Waals surface area contributed by atoms with Crippen LogP contribution < -0.4 is 15.4 Å². The van der Waals surface area contributed by atoms with Crippen LogP contribution in [0.3, 0.4) is 0 Å².